The molecule has 1 atom stereocenters. The van der Waals surface area contributed by atoms with Crippen LogP contribution >= 0.6 is 0 Å². The molecule has 1 aliphatic rings. The van der Waals surface area contributed by atoms with Crippen LogP contribution in [0.3, 0.4) is 0 Å². The number of aromatic nitrogens is 2. The summed E-state index contributed by atoms with van der Waals surface area (Å²) in [4.78, 5) is 26.1. The van der Waals surface area contributed by atoms with Gasteiger partial charge in [-0.05, 0) is 62.8 Å². The summed E-state index contributed by atoms with van der Waals surface area (Å²) >= 11 is 0. The summed E-state index contributed by atoms with van der Waals surface area (Å²) in [5.74, 6) is 0.245. The Hall–Kier alpha value is -3.61. The number of hydrogen-bond acceptors (Lipinski definition) is 5. The maximum absolute atomic E-state index is 13.8. The summed E-state index contributed by atoms with van der Waals surface area (Å²) in [5, 5.41) is 11.5. The van der Waals surface area contributed by atoms with Gasteiger partial charge in [-0.15, -0.1) is 0 Å². The molecule has 7 nitrogen and oxygen atoms in total. The molecule has 0 saturated carbocycles. The minimum absolute atomic E-state index is 0.0775. The van der Waals surface area contributed by atoms with Gasteiger partial charge in [0.05, 0.1) is 35.5 Å². The molecule has 1 aromatic heterocycles. The van der Waals surface area contributed by atoms with Gasteiger partial charge in [0.25, 0.3) is 5.91 Å². The molecule has 0 aliphatic carbocycles. The Kier molecular flexibility index (Phi) is 8.24. The van der Waals surface area contributed by atoms with Crippen LogP contribution in [0, 0.1) is 0 Å². The zero-order valence-corrected chi connectivity index (χ0v) is 23.2. The Morgan fingerprint density at radius 3 is 2.39 bits per heavy atom. The molecule has 2 heterocycles. The Balaban J connectivity index is 1.58. The zero-order chi connectivity index (χ0) is 27.3. The smallest absolute Gasteiger partial charge is 0.338 e. The largest absolute Gasteiger partial charge is 0.462 e. The lowest BCUT2D eigenvalue weighted by Crippen LogP contribution is -2.45. The first kappa shape index (κ1) is 27.4. The predicted molar refractivity (Wildman–Crippen MR) is 150 cm³/mol. The van der Waals surface area contributed by atoms with Crippen molar-refractivity contribution in [2.24, 2.45) is 0 Å². The molecule has 0 bridgehead atoms. The van der Waals surface area contributed by atoms with Crippen LogP contribution in [-0.4, -0.2) is 28.3 Å². The highest BCUT2D eigenvalue weighted by Gasteiger charge is 2.38. The van der Waals surface area contributed by atoms with Crippen LogP contribution in [0.1, 0.15) is 105 Å². The van der Waals surface area contributed by atoms with E-state index in [1.54, 1.807) is 18.3 Å². The maximum atomic E-state index is 13.8. The SMILES string of the molecule is CCCCOC(=O)c1ccc(C(CC)(CC)NC(=O)c2cnn3c2NC(c2ccccc2)CC3(C)C)cc1. The number of carbonyl (C=O) groups is 2. The van der Waals surface area contributed by atoms with Gasteiger partial charge in [0.2, 0.25) is 0 Å². The van der Waals surface area contributed by atoms with E-state index in [-0.39, 0.29) is 23.5 Å². The molecule has 1 unspecified atom stereocenters. The minimum atomic E-state index is -0.584. The monoisotopic (exact) mass is 516 g/mol. The summed E-state index contributed by atoms with van der Waals surface area (Å²) < 4.78 is 7.28. The van der Waals surface area contributed by atoms with Gasteiger partial charge in [0.15, 0.2) is 0 Å². The number of esters is 1. The number of benzene rings is 2. The summed E-state index contributed by atoms with van der Waals surface area (Å²) in [6.07, 6.45) is 5.74. The van der Waals surface area contributed by atoms with Gasteiger partial charge in [-0.3, -0.25) is 4.79 Å². The van der Waals surface area contributed by atoms with Crippen molar-refractivity contribution in [3.05, 3.63) is 83.0 Å². The number of amides is 1. The lowest BCUT2D eigenvalue weighted by atomic mass is 9.84. The number of rotatable bonds is 10. The van der Waals surface area contributed by atoms with Crippen LogP contribution in [0.25, 0.3) is 0 Å². The number of fused-ring (bicyclic) bond motifs is 1. The highest BCUT2D eigenvalue weighted by Crippen LogP contribution is 2.40. The minimum Gasteiger partial charge on any atom is -0.462 e. The third-order valence-electron chi connectivity index (χ3n) is 7.77. The number of nitrogens with zero attached hydrogens (tertiary/aromatic N) is 2. The van der Waals surface area contributed by atoms with Crippen LogP contribution in [0.2, 0.25) is 0 Å². The number of nitrogens with one attached hydrogen (secondary N) is 2. The van der Waals surface area contributed by atoms with Crippen LogP contribution in [0.15, 0.2) is 60.8 Å². The average Bonchev–Trinajstić information content (AvgIpc) is 3.37. The van der Waals surface area contributed by atoms with Crippen LogP contribution in [0.5, 0.6) is 0 Å². The van der Waals surface area contributed by atoms with Gasteiger partial charge in [-0.2, -0.15) is 5.10 Å². The Morgan fingerprint density at radius 1 is 1.08 bits per heavy atom. The first-order valence-corrected chi connectivity index (χ1v) is 13.7. The van der Waals surface area contributed by atoms with Gasteiger partial charge in [-0.25, -0.2) is 9.48 Å². The summed E-state index contributed by atoms with van der Waals surface area (Å²) in [5.41, 5.74) is 2.34. The molecule has 1 amide bonds. The highest BCUT2D eigenvalue weighted by atomic mass is 16.5. The zero-order valence-electron chi connectivity index (χ0n) is 23.2. The molecule has 202 valence electrons. The molecular weight excluding hydrogens is 476 g/mol. The molecular formula is C31H40N4O3. The summed E-state index contributed by atoms with van der Waals surface area (Å²) in [6, 6.07) is 17.8. The normalized spacial score (nSPS) is 16.3. The third kappa shape index (κ3) is 5.47. The van der Waals surface area contributed by atoms with Crippen molar-refractivity contribution in [3.63, 3.8) is 0 Å². The highest BCUT2D eigenvalue weighted by molar-refractivity contribution is 5.99. The number of unbranched alkanes of at least 4 members (excludes halogenated alkanes) is 1. The fourth-order valence-corrected chi connectivity index (χ4v) is 5.31. The van der Waals surface area contributed by atoms with Crippen molar-refractivity contribution in [2.45, 2.75) is 83.8 Å². The summed E-state index contributed by atoms with van der Waals surface area (Å²) in [6.45, 7) is 10.9. The van der Waals surface area contributed by atoms with Crippen molar-refractivity contribution in [1.82, 2.24) is 15.1 Å². The first-order valence-electron chi connectivity index (χ1n) is 13.7. The molecule has 38 heavy (non-hydrogen) atoms. The van der Waals surface area contributed by atoms with Gasteiger partial charge < -0.3 is 15.4 Å². The lowest BCUT2D eigenvalue weighted by molar-refractivity contribution is 0.0499. The van der Waals surface area contributed by atoms with Crippen molar-refractivity contribution < 1.29 is 14.3 Å². The van der Waals surface area contributed by atoms with E-state index in [2.05, 4.69) is 62.5 Å². The topological polar surface area (TPSA) is 85.2 Å². The number of hydrogen-bond donors (Lipinski definition) is 2. The van der Waals surface area contributed by atoms with Crippen molar-refractivity contribution in [1.29, 1.82) is 0 Å². The van der Waals surface area contributed by atoms with E-state index in [1.807, 2.05) is 35.0 Å². The third-order valence-corrected chi connectivity index (χ3v) is 7.77. The van der Waals surface area contributed by atoms with Crippen molar-refractivity contribution in [3.8, 4) is 0 Å². The van der Waals surface area contributed by atoms with Gasteiger partial charge in [-0.1, -0.05) is 69.7 Å². The maximum Gasteiger partial charge on any atom is 0.338 e. The second kappa shape index (κ2) is 11.4. The van der Waals surface area contributed by atoms with Gasteiger partial charge >= 0.3 is 5.97 Å². The molecule has 7 heteroatoms. The molecule has 3 aromatic rings. The lowest BCUT2D eigenvalue weighted by Gasteiger charge is -2.38. The Morgan fingerprint density at radius 2 is 1.76 bits per heavy atom. The van der Waals surface area contributed by atoms with E-state index in [9.17, 15) is 9.59 Å². The second-order valence-electron chi connectivity index (χ2n) is 10.8. The van der Waals surface area contributed by atoms with Gasteiger partial charge in [0, 0.05) is 0 Å². The molecule has 2 N–H and O–H groups in total. The molecule has 0 spiro atoms. The number of ether oxygens (including phenoxy) is 1. The van der Waals surface area contributed by atoms with Crippen molar-refractivity contribution in [2.75, 3.05) is 11.9 Å². The predicted octanol–water partition coefficient (Wildman–Crippen LogP) is 6.58. The molecule has 0 radical (unpaired) electrons. The van der Waals surface area contributed by atoms with E-state index >= 15 is 0 Å². The van der Waals surface area contributed by atoms with E-state index in [0.717, 1.165) is 30.6 Å². The molecule has 0 saturated heterocycles. The number of anilines is 1. The molecule has 2 aromatic carbocycles. The quantitative estimate of drug-likeness (QED) is 0.235. The first-order chi connectivity index (χ1) is 18.2. The van der Waals surface area contributed by atoms with E-state index in [4.69, 9.17) is 4.74 Å². The fourth-order valence-electron chi connectivity index (χ4n) is 5.31. The van der Waals surface area contributed by atoms with Crippen LogP contribution in [0.4, 0.5) is 5.82 Å². The Labute approximate surface area is 226 Å². The molecule has 0 fully saturated rings. The van der Waals surface area contributed by atoms with Crippen molar-refractivity contribution >= 4 is 17.7 Å². The summed E-state index contributed by atoms with van der Waals surface area (Å²) in [7, 11) is 0. The molecule has 4 rings (SSSR count). The Bertz CT molecular complexity index is 1240. The average molecular weight is 517 g/mol. The van der Waals surface area contributed by atoms with E-state index in [0.29, 0.717) is 30.6 Å². The standard InChI is InChI=1S/C31H40N4O3/c1-6-9-19-38-29(37)23-15-17-24(18-16-23)31(7-2,8-3)34-28(36)25-21-32-35-27(25)33-26(20-30(35,4)5)22-13-11-10-12-14-22/h10-18,21,26,33H,6-9,19-20H2,1-5H3,(H,34,36). The second-order valence-corrected chi connectivity index (χ2v) is 10.8. The van der Waals surface area contributed by atoms with Crippen LogP contribution in [-0.2, 0) is 15.8 Å². The number of carbonyl (C=O) groups excluding carboxylic acids is 2. The van der Waals surface area contributed by atoms with E-state index < -0.39 is 5.54 Å². The molecule has 1 aliphatic heterocycles. The van der Waals surface area contributed by atoms with Gasteiger partial charge in [0.1, 0.15) is 11.4 Å². The fraction of sp³-hybridized carbons (Fsp3) is 0.452. The van der Waals surface area contributed by atoms with E-state index in [1.165, 1.54) is 5.56 Å². The van der Waals surface area contributed by atoms with Crippen LogP contribution < -0.4 is 10.6 Å².